The highest BCUT2D eigenvalue weighted by Crippen LogP contribution is 2.19. The highest BCUT2D eigenvalue weighted by Gasteiger charge is 2.26. The molecule has 0 atom stereocenters. The Balaban J connectivity index is 1.35. The summed E-state index contributed by atoms with van der Waals surface area (Å²) in [6.45, 7) is 2.22. The number of hydrogen-bond donors (Lipinski definition) is 0. The Morgan fingerprint density at radius 3 is 2.45 bits per heavy atom. The van der Waals surface area contributed by atoms with Crippen molar-refractivity contribution in [1.82, 2.24) is 19.9 Å². The topological polar surface area (TPSA) is 62.5 Å². The van der Waals surface area contributed by atoms with Crippen LogP contribution < -0.4 is 0 Å². The van der Waals surface area contributed by atoms with E-state index in [-0.39, 0.29) is 11.4 Å². The highest BCUT2D eigenvalue weighted by atomic mass is 19.2. The molecule has 0 spiro atoms. The summed E-state index contributed by atoms with van der Waals surface area (Å²) in [5, 5.41) is 3.94. The van der Waals surface area contributed by atoms with Gasteiger partial charge in [0.2, 0.25) is 0 Å². The summed E-state index contributed by atoms with van der Waals surface area (Å²) in [4.78, 5) is 20.3. The summed E-state index contributed by atoms with van der Waals surface area (Å²) in [5.74, 6) is -2.27. The van der Waals surface area contributed by atoms with Crippen molar-refractivity contribution in [2.45, 2.75) is 6.54 Å². The fourth-order valence-corrected chi connectivity index (χ4v) is 3.18. The lowest BCUT2D eigenvalue weighted by Crippen LogP contribution is -2.48. The van der Waals surface area contributed by atoms with E-state index in [1.54, 1.807) is 12.1 Å². The van der Waals surface area contributed by atoms with Crippen molar-refractivity contribution < 1.29 is 22.5 Å². The third kappa shape index (κ3) is 4.14. The monoisotopic (exact) mass is 402 g/mol. The summed E-state index contributed by atoms with van der Waals surface area (Å²) in [6.07, 6.45) is 0. The molecule has 9 heteroatoms. The molecule has 0 radical (unpaired) electrons. The zero-order chi connectivity index (χ0) is 20.4. The molecule has 29 heavy (non-hydrogen) atoms. The Morgan fingerprint density at radius 1 is 1.00 bits per heavy atom. The molecular formula is C20H17F3N4O2. The van der Waals surface area contributed by atoms with E-state index in [0.29, 0.717) is 50.0 Å². The Labute approximate surface area is 164 Å². The van der Waals surface area contributed by atoms with Crippen LogP contribution in [-0.2, 0) is 6.54 Å². The van der Waals surface area contributed by atoms with Crippen LogP contribution in [-0.4, -0.2) is 52.0 Å². The largest absolute Gasteiger partial charge is 0.336 e. The third-order valence-corrected chi connectivity index (χ3v) is 4.77. The summed E-state index contributed by atoms with van der Waals surface area (Å²) in [5.41, 5.74) is 0.359. The van der Waals surface area contributed by atoms with Gasteiger partial charge in [-0.05, 0) is 36.4 Å². The van der Waals surface area contributed by atoms with Gasteiger partial charge < -0.3 is 9.42 Å². The molecule has 1 amide bonds. The molecule has 0 unspecified atom stereocenters. The van der Waals surface area contributed by atoms with Gasteiger partial charge in [-0.1, -0.05) is 11.2 Å². The van der Waals surface area contributed by atoms with Crippen molar-refractivity contribution in [2.75, 3.05) is 26.2 Å². The first-order valence-electron chi connectivity index (χ1n) is 9.05. The van der Waals surface area contributed by atoms with E-state index in [1.165, 1.54) is 29.2 Å². The standard InChI is InChI=1S/C20H17F3N4O2/c21-14-6-4-13(5-7-14)19-24-17(25-29-19)12-26-8-10-27(11-9-26)20(28)15-2-1-3-16(22)18(15)23/h1-7H,8-12H2. The molecule has 3 aromatic rings. The third-order valence-electron chi connectivity index (χ3n) is 4.77. The molecule has 4 rings (SSSR count). The summed E-state index contributed by atoms with van der Waals surface area (Å²) >= 11 is 0. The maximum Gasteiger partial charge on any atom is 0.257 e. The Kier molecular flexibility index (Phi) is 5.30. The zero-order valence-electron chi connectivity index (χ0n) is 15.3. The van der Waals surface area contributed by atoms with Crippen molar-refractivity contribution in [3.8, 4) is 11.5 Å². The van der Waals surface area contributed by atoms with Crippen LogP contribution in [0, 0.1) is 17.5 Å². The number of hydrogen-bond acceptors (Lipinski definition) is 5. The number of halogens is 3. The predicted molar refractivity (Wildman–Crippen MR) is 97.2 cm³/mol. The maximum absolute atomic E-state index is 13.9. The number of amides is 1. The number of nitrogens with zero attached hydrogens (tertiary/aromatic N) is 4. The van der Waals surface area contributed by atoms with Gasteiger partial charge in [0.15, 0.2) is 17.5 Å². The van der Waals surface area contributed by atoms with Gasteiger partial charge in [0.05, 0.1) is 12.1 Å². The molecule has 1 aliphatic heterocycles. The fraction of sp³-hybridized carbons (Fsp3) is 0.250. The van der Waals surface area contributed by atoms with E-state index < -0.39 is 17.5 Å². The molecule has 0 N–H and O–H groups in total. The second kappa shape index (κ2) is 8.04. The van der Waals surface area contributed by atoms with E-state index in [2.05, 4.69) is 10.1 Å². The number of aromatic nitrogens is 2. The number of carbonyl (C=O) groups is 1. The lowest BCUT2D eigenvalue weighted by molar-refractivity contribution is 0.0619. The Morgan fingerprint density at radius 2 is 1.72 bits per heavy atom. The molecule has 1 saturated heterocycles. The van der Waals surface area contributed by atoms with Crippen LogP contribution >= 0.6 is 0 Å². The molecule has 0 aliphatic carbocycles. The van der Waals surface area contributed by atoms with E-state index in [4.69, 9.17) is 4.52 Å². The van der Waals surface area contributed by atoms with E-state index in [1.807, 2.05) is 4.90 Å². The van der Waals surface area contributed by atoms with Crippen LogP contribution in [0.3, 0.4) is 0 Å². The van der Waals surface area contributed by atoms with Crippen LogP contribution in [0.4, 0.5) is 13.2 Å². The molecule has 0 saturated carbocycles. The molecule has 0 bridgehead atoms. The average molecular weight is 402 g/mol. The van der Waals surface area contributed by atoms with Crippen molar-refractivity contribution in [1.29, 1.82) is 0 Å². The quantitative estimate of drug-likeness (QED) is 0.671. The number of carbonyl (C=O) groups excluding carboxylic acids is 1. The van der Waals surface area contributed by atoms with Crippen molar-refractivity contribution >= 4 is 5.91 Å². The summed E-state index contributed by atoms with van der Waals surface area (Å²) < 4.78 is 45.5. The smallest absolute Gasteiger partial charge is 0.257 e. The van der Waals surface area contributed by atoms with Crippen molar-refractivity contribution in [3.63, 3.8) is 0 Å². The van der Waals surface area contributed by atoms with Crippen LogP contribution in [0.2, 0.25) is 0 Å². The highest BCUT2D eigenvalue weighted by molar-refractivity contribution is 5.94. The molecule has 6 nitrogen and oxygen atoms in total. The SMILES string of the molecule is O=C(c1cccc(F)c1F)N1CCN(Cc2noc(-c3ccc(F)cc3)n2)CC1. The van der Waals surface area contributed by atoms with Gasteiger partial charge in [0.1, 0.15) is 5.82 Å². The Hall–Kier alpha value is -3.20. The molecule has 1 fully saturated rings. The minimum Gasteiger partial charge on any atom is -0.336 e. The lowest BCUT2D eigenvalue weighted by Gasteiger charge is -2.34. The van der Waals surface area contributed by atoms with Crippen LogP contribution in [0.25, 0.3) is 11.5 Å². The van der Waals surface area contributed by atoms with Crippen molar-refractivity contribution in [3.05, 3.63) is 71.3 Å². The Bertz CT molecular complexity index is 1010. The first kappa shape index (κ1) is 19.1. The van der Waals surface area contributed by atoms with Crippen LogP contribution in [0.15, 0.2) is 47.0 Å². The van der Waals surface area contributed by atoms with Gasteiger partial charge in [-0.25, -0.2) is 13.2 Å². The molecular weight excluding hydrogens is 385 g/mol. The molecule has 1 aliphatic rings. The minimum absolute atomic E-state index is 0.263. The van der Waals surface area contributed by atoms with Crippen molar-refractivity contribution in [2.24, 2.45) is 0 Å². The number of rotatable bonds is 4. The molecule has 1 aromatic heterocycles. The summed E-state index contributed by atoms with van der Waals surface area (Å²) in [6, 6.07) is 9.33. The summed E-state index contributed by atoms with van der Waals surface area (Å²) in [7, 11) is 0. The van der Waals surface area contributed by atoms with Gasteiger partial charge in [0.25, 0.3) is 11.8 Å². The second-order valence-corrected chi connectivity index (χ2v) is 6.69. The number of benzene rings is 2. The molecule has 2 aromatic carbocycles. The maximum atomic E-state index is 13.9. The van der Waals surface area contributed by atoms with Gasteiger partial charge in [-0.15, -0.1) is 0 Å². The van der Waals surface area contributed by atoms with Gasteiger partial charge in [0, 0.05) is 31.7 Å². The first-order valence-corrected chi connectivity index (χ1v) is 9.05. The minimum atomic E-state index is -1.12. The van der Waals surface area contributed by atoms with Gasteiger partial charge in [-0.3, -0.25) is 9.69 Å². The fourth-order valence-electron chi connectivity index (χ4n) is 3.18. The van der Waals surface area contributed by atoms with E-state index >= 15 is 0 Å². The van der Waals surface area contributed by atoms with Gasteiger partial charge >= 0.3 is 0 Å². The lowest BCUT2D eigenvalue weighted by atomic mass is 10.1. The van der Waals surface area contributed by atoms with Crippen LogP contribution in [0.1, 0.15) is 16.2 Å². The van der Waals surface area contributed by atoms with Gasteiger partial charge in [-0.2, -0.15) is 4.98 Å². The molecule has 2 heterocycles. The van der Waals surface area contributed by atoms with E-state index in [9.17, 15) is 18.0 Å². The average Bonchev–Trinajstić information content (AvgIpc) is 3.19. The number of piperazine rings is 1. The zero-order valence-corrected chi connectivity index (χ0v) is 15.3. The van der Waals surface area contributed by atoms with Crippen LogP contribution in [0.5, 0.6) is 0 Å². The second-order valence-electron chi connectivity index (χ2n) is 6.69. The predicted octanol–water partition coefficient (Wildman–Crippen LogP) is 3.11. The molecule has 150 valence electrons. The van der Waals surface area contributed by atoms with E-state index in [0.717, 1.165) is 6.07 Å². The normalized spacial score (nSPS) is 14.9. The first-order chi connectivity index (χ1) is 14.0.